The molecule has 16 heteroatoms. The van der Waals surface area contributed by atoms with E-state index in [0.29, 0.717) is 50.5 Å². The van der Waals surface area contributed by atoms with Crippen molar-refractivity contribution in [3.8, 4) is 0 Å². The number of aliphatic hydroxyl groups excluding tert-OH is 2. The van der Waals surface area contributed by atoms with Crippen LogP contribution < -0.4 is 0 Å². The maximum Gasteiger partial charge on any atom is 0.329 e. The lowest BCUT2D eigenvalue weighted by atomic mass is 9.81. The van der Waals surface area contributed by atoms with E-state index >= 15 is 0 Å². The summed E-state index contributed by atoms with van der Waals surface area (Å²) in [7, 11) is 3.60. The molecule has 60 heavy (non-hydrogen) atoms. The largest absolute Gasteiger partial charge is 0.456 e. The molecule has 2 bridgehead atoms. The van der Waals surface area contributed by atoms with Gasteiger partial charge >= 0.3 is 5.97 Å². The van der Waals surface area contributed by atoms with Gasteiger partial charge in [0.1, 0.15) is 31.8 Å². The summed E-state index contributed by atoms with van der Waals surface area (Å²) in [6, 6.07) is -1.18. The van der Waals surface area contributed by atoms with Gasteiger partial charge in [0, 0.05) is 58.7 Å². The van der Waals surface area contributed by atoms with Gasteiger partial charge < -0.3 is 48.1 Å². The van der Waals surface area contributed by atoms with E-state index in [4.69, 9.17) is 37.1 Å². The number of esters is 1. The third-order valence-electron chi connectivity index (χ3n) is 13.1. The topological polar surface area (TPSA) is 188 Å². The molecule has 4 aliphatic rings. The summed E-state index contributed by atoms with van der Waals surface area (Å²) in [4.78, 5) is 58.4. The van der Waals surface area contributed by atoms with Crippen LogP contribution in [0.25, 0.3) is 0 Å². The molecule has 0 spiro atoms. The van der Waals surface area contributed by atoms with E-state index in [9.17, 15) is 29.4 Å². The number of piperidine rings is 1. The zero-order valence-corrected chi connectivity index (χ0v) is 37.7. The molecule has 4 rings (SSSR count). The predicted molar refractivity (Wildman–Crippen MR) is 229 cm³/mol. The molecule has 3 heterocycles. The van der Waals surface area contributed by atoms with Crippen LogP contribution in [0.3, 0.4) is 0 Å². The molecule has 14 atom stereocenters. The van der Waals surface area contributed by atoms with Crippen LogP contribution in [0.5, 0.6) is 0 Å². The van der Waals surface area contributed by atoms with Crippen molar-refractivity contribution in [1.82, 2.24) is 4.90 Å². The van der Waals surface area contributed by atoms with Crippen molar-refractivity contribution in [2.24, 2.45) is 29.6 Å². The van der Waals surface area contributed by atoms with Crippen molar-refractivity contribution >= 4 is 43.3 Å². The van der Waals surface area contributed by atoms with Gasteiger partial charge in [-0.15, -0.1) is 0 Å². The molecule has 1 saturated carbocycles. The number of allylic oxidation sites excluding steroid dienone is 3. The van der Waals surface area contributed by atoms with E-state index in [1.165, 1.54) is 19.1 Å². The summed E-state index contributed by atoms with van der Waals surface area (Å²) < 4.78 is 59.2. The lowest BCUT2D eigenvalue weighted by Gasteiger charge is -2.47. The Morgan fingerprint density at radius 2 is 1.77 bits per heavy atom. The fourth-order valence-electron chi connectivity index (χ4n) is 9.63. The van der Waals surface area contributed by atoms with Crippen LogP contribution in [0.4, 0.5) is 0 Å². The number of hydrogen-bond donors (Lipinski definition) is 3. The third kappa shape index (κ3) is 12.5. The molecule has 3 fully saturated rings. The molecular formula is C44H72BNO13S. The Morgan fingerprint density at radius 1 is 1.05 bits per heavy atom. The first-order valence-corrected chi connectivity index (χ1v) is 22.6. The highest BCUT2D eigenvalue weighted by atomic mass is 32.2. The number of carbonyl (C=O) groups is 4. The summed E-state index contributed by atoms with van der Waals surface area (Å²) in [5.74, 6) is -8.20. The van der Waals surface area contributed by atoms with Crippen LogP contribution in [0.1, 0.15) is 105 Å². The molecular weight excluding hydrogens is 793 g/mol. The summed E-state index contributed by atoms with van der Waals surface area (Å²) in [6.07, 6.45) is 3.30. The highest BCUT2D eigenvalue weighted by Crippen LogP contribution is 2.39. The molecule has 0 aromatic heterocycles. The van der Waals surface area contributed by atoms with Gasteiger partial charge in [-0.25, -0.2) is 4.79 Å². The zero-order valence-electron chi connectivity index (χ0n) is 39.9. The number of rotatable bonds is 12. The SMILES string of the molecule is [2H]B([3H])CSO[C@@H]1CC[C@@H](/C=C(\C)[C@H]2OC(=O)C3CCCCN3C(=O)C(=O)[C@]3(O)OC([C@@H](OC)C[C@@H](C)C/C(C)=C/[C@@H](CCO)C(=O)C[C@H](O[3H])[C@H]2C)[C@@H](OC)C[C@H]3C)C[C@H]1OC. The third-order valence-corrected chi connectivity index (χ3v) is 13.6. The number of aliphatic hydroxyl groups is 3. The first kappa shape index (κ1) is 45.9. The van der Waals surface area contributed by atoms with Crippen LogP contribution in [-0.2, 0) is 47.0 Å². The van der Waals surface area contributed by atoms with Gasteiger partial charge in [-0.3, -0.25) is 14.4 Å². The normalized spacial score (nSPS) is 40.2. The van der Waals surface area contributed by atoms with E-state index in [0.717, 1.165) is 17.6 Å². The highest BCUT2D eigenvalue weighted by Gasteiger charge is 2.56. The Hall–Kier alpha value is -2.15. The second-order valence-corrected chi connectivity index (χ2v) is 18.3. The molecule has 1 amide bonds. The number of ether oxygens (including phenoxy) is 5. The smallest absolute Gasteiger partial charge is 0.329 e. The summed E-state index contributed by atoms with van der Waals surface area (Å²) in [5.41, 5.74) is 1.72. The quantitative estimate of drug-likeness (QED) is 0.0847. The second kappa shape index (κ2) is 23.5. The maximum atomic E-state index is 14.5. The molecule has 0 radical (unpaired) electrons. The van der Waals surface area contributed by atoms with Crippen molar-refractivity contribution in [3.63, 3.8) is 0 Å². The van der Waals surface area contributed by atoms with Gasteiger partial charge in [0.25, 0.3) is 11.7 Å². The number of methoxy groups -OCH3 is 3. The predicted octanol–water partition coefficient (Wildman–Crippen LogP) is 3.71. The van der Waals surface area contributed by atoms with E-state index in [-0.39, 0.29) is 74.3 Å². The van der Waals surface area contributed by atoms with Crippen molar-refractivity contribution in [1.29, 1.82) is 4.10 Å². The molecule has 3 aliphatic heterocycles. The Balaban J connectivity index is 1.76. The molecule has 14 nitrogen and oxygen atoms in total. The number of fused-ring (bicyclic) bond motifs is 3. The van der Waals surface area contributed by atoms with Gasteiger partial charge in [0.05, 0.1) is 30.5 Å². The van der Waals surface area contributed by atoms with Crippen LogP contribution in [0, 0.1) is 29.6 Å². The molecule has 0 aromatic rings. The van der Waals surface area contributed by atoms with E-state index in [2.05, 4.69) is 0 Å². The van der Waals surface area contributed by atoms with Crippen molar-refractivity contribution < 1.29 is 62.4 Å². The monoisotopic (exact) mass is 871 g/mol. The average molecular weight is 871 g/mol. The molecule has 2 unspecified atom stereocenters. The number of ketones is 2. The van der Waals surface area contributed by atoms with Crippen LogP contribution in [0.15, 0.2) is 23.3 Å². The Morgan fingerprint density at radius 3 is 2.43 bits per heavy atom. The minimum Gasteiger partial charge on any atom is -0.456 e. The molecule has 3 N–H and O–H groups in total. The summed E-state index contributed by atoms with van der Waals surface area (Å²) in [6.45, 7) is 8.90. The first-order valence-electron chi connectivity index (χ1n) is 23.3. The highest BCUT2D eigenvalue weighted by molar-refractivity contribution is 7.95. The van der Waals surface area contributed by atoms with Gasteiger partial charge in [-0.1, -0.05) is 38.5 Å². The molecule has 2 saturated heterocycles. The van der Waals surface area contributed by atoms with E-state index in [1.54, 1.807) is 21.0 Å². The summed E-state index contributed by atoms with van der Waals surface area (Å²) >= 11 is 1.08. The van der Waals surface area contributed by atoms with Crippen molar-refractivity contribution in [3.05, 3.63) is 23.3 Å². The van der Waals surface area contributed by atoms with Crippen molar-refractivity contribution in [2.45, 2.75) is 160 Å². The average Bonchev–Trinajstić information content (AvgIpc) is 3.26. The molecule has 0 aromatic carbocycles. The number of hydrogen-bond acceptors (Lipinski definition) is 14. The maximum absolute atomic E-state index is 14.5. The fourth-order valence-corrected chi connectivity index (χ4v) is 10.1. The van der Waals surface area contributed by atoms with Gasteiger partial charge in [0.15, 0.2) is 0 Å². The van der Waals surface area contributed by atoms with Crippen LogP contribution >= 0.6 is 12.0 Å². The lowest BCUT2D eigenvalue weighted by Crippen LogP contribution is -2.64. The number of cyclic esters (lactones) is 1. The van der Waals surface area contributed by atoms with Crippen molar-refractivity contribution in [2.75, 3.05) is 40.1 Å². The van der Waals surface area contributed by atoms with Crippen LogP contribution in [-0.4, -0.2) is 150 Å². The van der Waals surface area contributed by atoms with Gasteiger partial charge in [-0.05, 0) is 116 Å². The Labute approximate surface area is 366 Å². The molecule has 1 aliphatic carbocycles. The summed E-state index contributed by atoms with van der Waals surface area (Å²) in [5, 5.41) is 27.4. The molecule has 340 valence electrons. The number of Topliss-reactive ketones (excluding diaryl/α,β-unsaturated/α-hetero) is 2. The number of nitrogens with zero attached hydrogens (tertiary/aromatic N) is 1. The zero-order chi connectivity index (χ0) is 46.6. The minimum absolute atomic E-state index is 0.0415. The fraction of sp³-hybridized carbons (Fsp3) is 0.818. The van der Waals surface area contributed by atoms with E-state index in [1.807, 2.05) is 32.9 Å². The first-order chi connectivity index (χ1) is 29.9. The van der Waals surface area contributed by atoms with Gasteiger partial charge in [-0.2, -0.15) is 0 Å². The standard InChI is InChI=1S/C44H72BNO13S/c1-25-17-26(2)19-37(55-7)40-38(56-8)21-28(4)44(53,58-40)41(50)42(51)46-15-10-9-11-32(46)43(52)57-39(29(5)33(48)23-34(49)31(18-25)14-16-47)27(3)20-30-12-13-35(59-60-24-45)36(22-30)54-6/h18,20,26,28-33,35-40,47-48,53H,9-17,19,21-24,45H2,1-8H3/b25-18+,27-20+/t26-,28+,29+,30-,31+,32?,33-,35+,36+,37-,38-,39+,40?,44+/m0/s1/i45TD,48T. The number of amides is 1. The minimum atomic E-state index is -2.54. The van der Waals surface area contributed by atoms with E-state index < -0.39 is 85.5 Å². The number of carbonyl (C=O) groups excluding carboxylic acids is 4. The second-order valence-electron chi connectivity index (χ2n) is 17.6. The Bertz CT molecular complexity index is 1590. The van der Waals surface area contributed by atoms with Gasteiger partial charge in [0.2, 0.25) is 7.22 Å². The van der Waals surface area contributed by atoms with Crippen LogP contribution in [0.2, 0.25) is 0 Å². The Kier molecular flexibility index (Phi) is 18.0. The lowest BCUT2D eigenvalue weighted by molar-refractivity contribution is -0.302.